The summed E-state index contributed by atoms with van der Waals surface area (Å²) in [6.07, 6.45) is 1.50. The Morgan fingerprint density at radius 1 is 1.11 bits per heavy atom. The summed E-state index contributed by atoms with van der Waals surface area (Å²) in [4.78, 5) is 33.1. The molecule has 0 aliphatic carbocycles. The Bertz CT molecular complexity index is 1110. The van der Waals surface area contributed by atoms with Crippen molar-refractivity contribution in [2.75, 3.05) is 50.1 Å². The Labute approximate surface area is 217 Å². The van der Waals surface area contributed by atoms with Crippen LogP contribution in [-0.4, -0.2) is 68.6 Å². The normalized spacial score (nSPS) is 18.8. The summed E-state index contributed by atoms with van der Waals surface area (Å²) < 4.78 is 25.8. The Hall–Kier alpha value is -3.46. The number of piperazine rings is 1. The van der Waals surface area contributed by atoms with Gasteiger partial charge < -0.3 is 19.7 Å². The first-order valence-corrected chi connectivity index (χ1v) is 12.9. The third-order valence-corrected chi connectivity index (χ3v) is 7.09. The van der Waals surface area contributed by atoms with Gasteiger partial charge in [0.05, 0.1) is 12.8 Å². The van der Waals surface area contributed by atoms with Crippen LogP contribution < -0.4 is 10.2 Å². The van der Waals surface area contributed by atoms with Crippen LogP contribution in [-0.2, 0) is 19.1 Å². The van der Waals surface area contributed by atoms with Crippen LogP contribution >= 0.6 is 0 Å². The molecule has 37 heavy (non-hydrogen) atoms. The van der Waals surface area contributed by atoms with E-state index in [1.54, 1.807) is 12.1 Å². The van der Waals surface area contributed by atoms with Gasteiger partial charge >= 0.3 is 5.97 Å². The number of hydrogen-bond donors (Lipinski definition) is 1. The maximum Gasteiger partial charge on any atom is 0.334 e. The average molecular weight is 511 g/mol. The average Bonchev–Trinajstić information content (AvgIpc) is 3.40. The molecular weight excluding hydrogens is 475 g/mol. The number of nitrogens with one attached hydrogen (secondary N) is 1. The highest BCUT2D eigenvalue weighted by molar-refractivity contribution is 5.92. The van der Waals surface area contributed by atoms with E-state index < -0.39 is 12.0 Å². The van der Waals surface area contributed by atoms with Gasteiger partial charge in [-0.25, -0.2) is 14.2 Å². The number of rotatable bonds is 9. The van der Waals surface area contributed by atoms with Crippen molar-refractivity contribution in [3.63, 3.8) is 0 Å². The van der Waals surface area contributed by atoms with E-state index in [0.29, 0.717) is 43.5 Å². The van der Waals surface area contributed by atoms with Gasteiger partial charge in [0.15, 0.2) is 6.04 Å². The zero-order valence-electron chi connectivity index (χ0n) is 21.7. The second-order valence-electron chi connectivity index (χ2n) is 9.32. The number of nitrogens with zero attached hydrogens (tertiary/aromatic N) is 3. The van der Waals surface area contributed by atoms with Gasteiger partial charge in [-0.05, 0) is 36.6 Å². The number of esters is 1. The van der Waals surface area contributed by atoms with Gasteiger partial charge in [-0.3, -0.25) is 9.69 Å². The molecule has 0 aromatic heterocycles. The van der Waals surface area contributed by atoms with Crippen molar-refractivity contribution in [3.8, 4) is 0 Å². The number of anilines is 2. The Balaban J connectivity index is 1.45. The first kappa shape index (κ1) is 26.6. The molecule has 4 rings (SSSR count). The molecule has 2 aliphatic rings. The summed E-state index contributed by atoms with van der Waals surface area (Å²) in [6, 6.07) is 13.9. The summed E-state index contributed by atoms with van der Waals surface area (Å²) in [5.41, 5.74) is 2.00. The third kappa shape index (κ3) is 6.10. The lowest BCUT2D eigenvalue weighted by molar-refractivity contribution is -0.142. The number of carbonyl (C=O) groups is 2. The number of benzene rings is 2. The number of methoxy groups -OCH3 is 1. The van der Waals surface area contributed by atoms with Crippen molar-refractivity contribution in [3.05, 3.63) is 59.9 Å². The van der Waals surface area contributed by atoms with Gasteiger partial charge in [-0.15, -0.1) is 0 Å². The molecule has 1 fully saturated rings. The molecular formula is C28H35FN4O4. The Morgan fingerprint density at radius 3 is 2.43 bits per heavy atom. The molecule has 1 saturated heterocycles. The second kappa shape index (κ2) is 12.2. The van der Waals surface area contributed by atoms with Crippen molar-refractivity contribution in [2.24, 2.45) is 10.9 Å². The minimum Gasteiger partial charge on any atom is -0.477 e. The van der Waals surface area contributed by atoms with E-state index >= 15 is 4.39 Å². The van der Waals surface area contributed by atoms with Crippen LogP contribution in [0.5, 0.6) is 0 Å². The van der Waals surface area contributed by atoms with Crippen LogP contribution in [0.25, 0.3) is 0 Å². The summed E-state index contributed by atoms with van der Waals surface area (Å²) in [5, 5.41) is 2.84. The largest absolute Gasteiger partial charge is 0.477 e. The zero-order valence-corrected chi connectivity index (χ0v) is 21.7. The highest BCUT2D eigenvalue weighted by Crippen LogP contribution is 2.30. The van der Waals surface area contributed by atoms with Gasteiger partial charge in [-0.1, -0.05) is 44.2 Å². The molecule has 2 aromatic carbocycles. The van der Waals surface area contributed by atoms with Gasteiger partial charge in [0.2, 0.25) is 11.8 Å². The number of hydrogen-bond acceptors (Lipinski definition) is 7. The van der Waals surface area contributed by atoms with Crippen LogP contribution in [0, 0.1) is 11.7 Å². The van der Waals surface area contributed by atoms with Crippen molar-refractivity contribution in [2.45, 2.75) is 38.8 Å². The number of aliphatic imine (C=N–C) groups is 1. The summed E-state index contributed by atoms with van der Waals surface area (Å²) in [5.74, 6) is -0.436. The number of ether oxygens (including phenoxy) is 2. The Kier molecular flexibility index (Phi) is 8.76. The molecule has 2 aliphatic heterocycles. The van der Waals surface area contributed by atoms with Crippen LogP contribution in [0.1, 0.15) is 38.3 Å². The van der Waals surface area contributed by atoms with Crippen molar-refractivity contribution >= 4 is 29.1 Å². The summed E-state index contributed by atoms with van der Waals surface area (Å²) >= 11 is 0. The minimum atomic E-state index is -0.662. The maximum absolute atomic E-state index is 15.1. The Morgan fingerprint density at radius 2 is 1.81 bits per heavy atom. The fraction of sp³-hybridized carbons (Fsp3) is 0.464. The predicted molar refractivity (Wildman–Crippen MR) is 141 cm³/mol. The lowest BCUT2D eigenvalue weighted by atomic mass is 10.0. The molecule has 2 aromatic rings. The fourth-order valence-electron chi connectivity index (χ4n) is 4.91. The number of carbonyl (C=O) groups excluding carboxylic acids is 2. The number of halogens is 1. The summed E-state index contributed by atoms with van der Waals surface area (Å²) in [6.45, 7) is 6.62. The molecule has 1 amide bonds. The highest BCUT2D eigenvalue weighted by atomic mass is 19.1. The molecule has 9 heteroatoms. The standard InChI is InChI=1S/C28H35FN4O4/c1-4-19(5-2)26(34)30-21-11-12-24(22(29)17-21)32-13-15-33(16-14-32)25(20-9-7-6-8-10-20)27-31-23(18-37-27)28(35)36-3/h6-12,17,19,23,25H,4-5,13-16,18H2,1-3H3,(H,30,34)/t23-,25?/m0/s1. The molecule has 8 nitrogen and oxygen atoms in total. The van der Waals surface area contributed by atoms with E-state index in [9.17, 15) is 9.59 Å². The monoisotopic (exact) mass is 510 g/mol. The highest BCUT2D eigenvalue weighted by Gasteiger charge is 2.36. The van der Waals surface area contributed by atoms with Crippen LogP contribution in [0.3, 0.4) is 0 Å². The van der Waals surface area contributed by atoms with Gasteiger partial charge in [0.1, 0.15) is 18.5 Å². The van der Waals surface area contributed by atoms with E-state index in [0.717, 1.165) is 18.4 Å². The minimum absolute atomic E-state index is 0.0790. The molecule has 198 valence electrons. The lowest BCUT2D eigenvalue weighted by Gasteiger charge is -2.40. The van der Waals surface area contributed by atoms with Gasteiger partial charge in [0, 0.05) is 37.8 Å². The smallest absolute Gasteiger partial charge is 0.334 e. The molecule has 2 heterocycles. The molecule has 0 spiro atoms. The van der Waals surface area contributed by atoms with Gasteiger partial charge in [-0.2, -0.15) is 0 Å². The molecule has 0 bridgehead atoms. The van der Waals surface area contributed by atoms with Gasteiger partial charge in [0.25, 0.3) is 0 Å². The van der Waals surface area contributed by atoms with E-state index in [-0.39, 0.29) is 30.3 Å². The second-order valence-corrected chi connectivity index (χ2v) is 9.32. The first-order valence-electron chi connectivity index (χ1n) is 12.9. The maximum atomic E-state index is 15.1. The molecule has 0 radical (unpaired) electrons. The van der Waals surface area contributed by atoms with Crippen LogP contribution in [0.2, 0.25) is 0 Å². The fourth-order valence-corrected chi connectivity index (χ4v) is 4.91. The van der Waals surface area contributed by atoms with E-state index in [4.69, 9.17) is 9.47 Å². The molecule has 1 N–H and O–H groups in total. The van der Waals surface area contributed by atoms with Crippen molar-refractivity contribution in [1.29, 1.82) is 0 Å². The number of amides is 1. The third-order valence-electron chi connectivity index (χ3n) is 7.09. The molecule has 2 atom stereocenters. The topological polar surface area (TPSA) is 83.5 Å². The van der Waals surface area contributed by atoms with E-state index in [2.05, 4.69) is 15.2 Å². The molecule has 1 unspecified atom stereocenters. The lowest BCUT2D eigenvalue weighted by Crippen LogP contribution is -2.49. The van der Waals surface area contributed by atoms with E-state index in [1.165, 1.54) is 13.2 Å². The van der Waals surface area contributed by atoms with Crippen LogP contribution in [0.15, 0.2) is 53.5 Å². The predicted octanol–water partition coefficient (Wildman–Crippen LogP) is 4.03. The van der Waals surface area contributed by atoms with E-state index in [1.807, 2.05) is 49.1 Å². The quantitative estimate of drug-likeness (QED) is 0.513. The SMILES string of the molecule is CCC(CC)C(=O)Nc1ccc(N2CCN(C(C3=N[C@H](C(=O)OC)CO3)c3ccccc3)CC2)c(F)c1. The summed E-state index contributed by atoms with van der Waals surface area (Å²) in [7, 11) is 1.34. The zero-order chi connectivity index (χ0) is 26.4. The van der Waals surface area contributed by atoms with Crippen molar-refractivity contribution in [1.82, 2.24) is 4.90 Å². The van der Waals surface area contributed by atoms with Crippen LogP contribution in [0.4, 0.5) is 15.8 Å². The molecule has 0 saturated carbocycles. The van der Waals surface area contributed by atoms with Crippen molar-refractivity contribution < 1.29 is 23.5 Å². The first-order chi connectivity index (χ1) is 17.9.